The Bertz CT molecular complexity index is 804. The second kappa shape index (κ2) is 8.07. The topological polar surface area (TPSA) is 91.4 Å². The van der Waals surface area contributed by atoms with Crippen LogP contribution >= 0.6 is 7.60 Å². The second-order valence-electron chi connectivity index (χ2n) is 6.62. The molecule has 0 bridgehead atoms. The summed E-state index contributed by atoms with van der Waals surface area (Å²) in [6, 6.07) is 8.10. The minimum Gasteiger partial charge on any atom is -0.468 e. The SMILES string of the molecule is COC(=O)[C@@]1(P(=O)(OC)OC)CC=CC[C@H]1N1C(=O)OC[C@H]1c1ccccc1. The normalized spacial score (nSPS) is 27.5. The highest BCUT2D eigenvalue weighted by molar-refractivity contribution is 7.56. The smallest absolute Gasteiger partial charge is 0.410 e. The van der Waals surface area contributed by atoms with E-state index in [-0.39, 0.29) is 19.4 Å². The summed E-state index contributed by atoms with van der Waals surface area (Å²) in [7, 11) is -0.327. The first-order valence-corrected chi connectivity index (χ1v) is 10.4. The van der Waals surface area contributed by atoms with Crippen LogP contribution in [0.4, 0.5) is 4.79 Å². The molecule has 1 aliphatic heterocycles. The highest BCUT2D eigenvalue weighted by Crippen LogP contribution is 2.65. The van der Waals surface area contributed by atoms with E-state index >= 15 is 0 Å². The Morgan fingerprint density at radius 3 is 2.46 bits per heavy atom. The van der Waals surface area contributed by atoms with E-state index < -0.39 is 36.9 Å². The number of hydrogen-bond acceptors (Lipinski definition) is 7. The molecule has 1 aliphatic carbocycles. The summed E-state index contributed by atoms with van der Waals surface area (Å²) >= 11 is 0. The van der Waals surface area contributed by atoms with Crippen molar-refractivity contribution in [3.05, 3.63) is 48.0 Å². The van der Waals surface area contributed by atoms with Gasteiger partial charge in [0.25, 0.3) is 0 Å². The molecule has 1 fully saturated rings. The number of cyclic esters (lactones) is 1. The van der Waals surface area contributed by atoms with Gasteiger partial charge in [-0.3, -0.25) is 14.3 Å². The minimum atomic E-state index is -3.99. The summed E-state index contributed by atoms with van der Waals surface area (Å²) in [6.07, 6.45) is 3.33. The van der Waals surface area contributed by atoms with E-state index in [9.17, 15) is 14.2 Å². The van der Waals surface area contributed by atoms with Crippen LogP contribution in [0.25, 0.3) is 0 Å². The summed E-state index contributed by atoms with van der Waals surface area (Å²) in [5.74, 6) is -0.750. The van der Waals surface area contributed by atoms with E-state index in [4.69, 9.17) is 18.5 Å². The molecule has 3 atom stereocenters. The van der Waals surface area contributed by atoms with Crippen LogP contribution in [-0.2, 0) is 27.9 Å². The summed E-state index contributed by atoms with van der Waals surface area (Å²) < 4.78 is 34.4. The first-order valence-electron chi connectivity index (χ1n) is 8.90. The lowest BCUT2D eigenvalue weighted by Gasteiger charge is -2.46. The fourth-order valence-electron chi connectivity index (χ4n) is 4.07. The van der Waals surface area contributed by atoms with Crippen molar-refractivity contribution in [3.8, 4) is 0 Å². The van der Waals surface area contributed by atoms with Gasteiger partial charge in [-0.05, 0) is 18.4 Å². The lowest BCUT2D eigenvalue weighted by Crippen LogP contribution is -2.59. The molecule has 1 aromatic carbocycles. The van der Waals surface area contributed by atoms with Gasteiger partial charge in [-0.25, -0.2) is 4.79 Å². The van der Waals surface area contributed by atoms with Crippen LogP contribution in [-0.4, -0.2) is 56.1 Å². The number of amides is 1. The third kappa shape index (κ3) is 3.05. The summed E-state index contributed by atoms with van der Waals surface area (Å²) in [6.45, 7) is 0.130. The van der Waals surface area contributed by atoms with Crippen LogP contribution in [0.3, 0.4) is 0 Å². The summed E-state index contributed by atoms with van der Waals surface area (Å²) in [4.78, 5) is 27.2. The van der Waals surface area contributed by atoms with Gasteiger partial charge in [-0.2, -0.15) is 0 Å². The molecule has 0 unspecified atom stereocenters. The lowest BCUT2D eigenvalue weighted by molar-refractivity contribution is -0.146. The maximum absolute atomic E-state index is 13.6. The minimum absolute atomic E-state index is 0.0502. The van der Waals surface area contributed by atoms with Crippen LogP contribution in [0.2, 0.25) is 0 Å². The van der Waals surface area contributed by atoms with E-state index in [1.807, 2.05) is 36.4 Å². The number of benzene rings is 1. The second-order valence-corrected chi connectivity index (χ2v) is 9.14. The molecule has 152 valence electrons. The maximum Gasteiger partial charge on any atom is 0.410 e. The highest BCUT2D eigenvalue weighted by atomic mass is 31.2. The Hall–Kier alpha value is -2.15. The zero-order valence-electron chi connectivity index (χ0n) is 16.1. The molecule has 28 heavy (non-hydrogen) atoms. The molecular weight excluding hydrogens is 385 g/mol. The zero-order chi connectivity index (χ0) is 20.4. The fourth-order valence-corrected chi connectivity index (χ4v) is 6.11. The fraction of sp³-hybridized carbons (Fsp3) is 0.474. The zero-order valence-corrected chi connectivity index (χ0v) is 17.0. The van der Waals surface area contributed by atoms with Gasteiger partial charge >= 0.3 is 19.7 Å². The van der Waals surface area contributed by atoms with Gasteiger partial charge in [0.2, 0.25) is 0 Å². The van der Waals surface area contributed by atoms with Crippen molar-refractivity contribution in [2.24, 2.45) is 0 Å². The monoisotopic (exact) mass is 409 g/mol. The van der Waals surface area contributed by atoms with Gasteiger partial charge in [0.1, 0.15) is 6.61 Å². The van der Waals surface area contributed by atoms with E-state index in [0.29, 0.717) is 0 Å². The number of esters is 1. The first kappa shape index (κ1) is 20.6. The number of nitrogens with zero attached hydrogens (tertiary/aromatic N) is 1. The number of hydrogen-bond donors (Lipinski definition) is 0. The van der Waals surface area contributed by atoms with Crippen molar-refractivity contribution in [1.82, 2.24) is 4.90 Å². The molecule has 9 heteroatoms. The Morgan fingerprint density at radius 1 is 1.18 bits per heavy atom. The quantitative estimate of drug-likeness (QED) is 0.404. The average molecular weight is 409 g/mol. The van der Waals surface area contributed by atoms with Crippen molar-refractivity contribution >= 4 is 19.7 Å². The standard InChI is InChI=1S/C19H24NO7P/c1-24-17(21)19(28(23,25-2)26-3)12-8-7-11-16(19)20-15(13-27-18(20)22)14-9-5-4-6-10-14/h4-10,15-16H,11-13H2,1-3H3/t15-,16+,19+/m0/s1. The molecule has 0 saturated carbocycles. The van der Waals surface area contributed by atoms with Crippen molar-refractivity contribution in [3.63, 3.8) is 0 Å². The van der Waals surface area contributed by atoms with Crippen LogP contribution in [0.1, 0.15) is 24.4 Å². The predicted molar refractivity (Wildman–Crippen MR) is 101 cm³/mol. The Morgan fingerprint density at radius 2 is 1.86 bits per heavy atom. The largest absolute Gasteiger partial charge is 0.468 e. The van der Waals surface area contributed by atoms with Gasteiger partial charge < -0.3 is 18.5 Å². The average Bonchev–Trinajstić information content (AvgIpc) is 3.14. The van der Waals surface area contributed by atoms with Gasteiger partial charge in [0, 0.05) is 14.2 Å². The number of methoxy groups -OCH3 is 1. The van der Waals surface area contributed by atoms with Gasteiger partial charge in [0.15, 0.2) is 5.16 Å². The molecule has 0 aromatic heterocycles. The van der Waals surface area contributed by atoms with E-state index in [1.54, 1.807) is 6.08 Å². The number of rotatable bonds is 6. The molecular formula is C19H24NO7P. The number of carbonyl (C=O) groups is 2. The molecule has 0 spiro atoms. The van der Waals surface area contributed by atoms with Gasteiger partial charge in [-0.15, -0.1) is 0 Å². The van der Waals surface area contributed by atoms with Crippen molar-refractivity contribution in [2.75, 3.05) is 27.9 Å². The third-order valence-electron chi connectivity index (χ3n) is 5.45. The molecule has 1 heterocycles. The van der Waals surface area contributed by atoms with Crippen LogP contribution in [0, 0.1) is 0 Å². The number of allylic oxidation sites excluding steroid dienone is 1. The molecule has 3 rings (SSSR count). The Balaban J connectivity index is 2.15. The van der Waals surface area contributed by atoms with Crippen LogP contribution in [0.15, 0.2) is 42.5 Å². The number of carbonyl (C=O) groups excluding carboxylic acids is 2. The van der Waals surface area contributed by atoms with Crippen molar-refractivity contribution < 1.29 is 32.7 Å². The van der Waals surface area contributed by atoms with E-state index in [2.05, 4.69) is 0 Å². The maximum atomic E-state index is 13.6. The van der Waals surface area contributed by atoms with Gasteiger partial charge in [0.05, 0.1) is 19.2 Å². The first-order chi connectivity index (χ1) is 13.4. The predicted octanol–water partition coefficient (Wildman–Crippen LogP) is 3.30. The molecule has 1 amide bonds. The summed E-state index contributed by atoms with van der Waals surface area (Å²) in [5.41, 5.74) is 0.853. The molecule has 1 saturated heterocycles. The molecule has 1 aromatic rings. The van der Waals surface area contributed by atoms with Crippen molar-refractivity contribution in [2.45, 2.75) is 30.1 Å². The van der Waals surface area contributed by atoms with Crippen LogP contribution < -0.4 is 0 Å². The van der Waals surface area contributed by atoms with Crippen LogP contribution in [0.5, 0.6) is 0 Å². The van der Waals surface area contributed by atoms with Gasteiger partial charge in [-0.1, -0.05) is 42.5 Å². The highest BCUT2D eigenvalue weighted by Gasteiger charge is 2.65. The molecule has 2 aliphatic rings. The van der Waals surface area contributed by atoms with E-state index in [0.717, 1.165) is 5.56 Å². The third-order valence-corrected chi connectivity index (χ3v) is 8.05. The van der Waals surface area contributed by atoms with Crippen molar-refractivity contribution in [1.29, 1.82) is 0 Å². The summed E-state index contributed by atoms with van der Waals surface area (Å²) in [5, 5.41) is -1.70. The molecule has 8 nitrogen and oxygen atoms in total. The lowest BCUT2D eigenvalue weighted by atomic mass is 9.85. The Labute approximate surface area is 163 Å². The number of ether oxygens (including phenoxy) is 2. The molecule has 0 N–H and O–H groups in total. The Kier molecular flexibility index (Phi) is 5.93. The van der Waals surface area contributed by atoms with E-state index in [1.165, 1.54) is 26.2 Å². The molecule has 0 radical (unpaired) electrons.